The Kier molecular flexibility index (Phi) is 8.28. The van der Waals surface area contributed by atoms with Crippen LogP contribution in [0, 0.1) is 0 Å². The number of benzene rings is 1. The standard InChI is InChI=1S/C16H28AsNO2/c1-4-7-14-18(15-8-5-2)17(19,20-6-3)16-12-10-9-11-13-16/h9-13H,4-8,14-15H2,1-3H3. The molecule has 1 aromatic rings. The second-order valence-electron chi connectivity index (χ2n) is 4.93. The van der Waals surface area contributed by atoms with Crippen LogP contribution in [0.5, 0.6) is 0 Å². The van der Waals surface area contributed by atoms with Crippen LogP contribution in [-0.2, 0) is 7.47 Å². The van der Waals surface area contributed by atoms with Crippen LogP contribution >= 0.6 is 0 Å². The van der Waals surface area contributed by atoms with Gasteiger partial charge in [-0.25, -0.2) is 0 Å². The van der Waals surface area contributed by atoms with Crippen LogP contribution in [0.1, 0.15) is 46.5 Å². The molecule has 0 amide bonds. The summed E-state index contributed by atoms with van der Waals surface area (Å²) in [5, 5.41) is 0. The number of unbranched alkanes of at least 4 members (excludes halogenated alkanes) is 2. The Hall–Kier alpha value is -0.502. The molecule has 0 fully saturated rings. The Balaban J connectivity index is 3.01. The fourth-order valence-electron chi connectivity index (χ4n) is 2.17. The Bertz CT molecular complexity index is 400. The van der Waals surface area contributed by atoms with Crippen molar-refractivity contribution in [1.29, 1.82) is 0 Å². The molecule has 0 N–H and O–H groups in total. The molecule has 1 unspecified atom stereocenters. The zero-order valence-electron chi connectivity index (χ0n) is 13.0. The maximum absolute atomic E-state index is 13.5. The molecule has 0 aliphatic heterocycles. The van der Waals surface area contributed by atoms with E-state index in [1.54, 1.807) is 0 Å². The van der Waals surface area contributed by atoms with Crippen LogP contribution in [0.25, 0.3) is 0 Å². The summed E-state index contributed by atoms with van der Waals surface area (Å²) in [4.78, 5) is 0. The predicted octanol–water partition coefficient (Wildman–Crippen LogP) is 3.20. The molecule has 0 aliphatic rings. The van der Waals surface area contributed by atoms with Crippen molar-refractivity contribution in [2.45, 2.75) is 46.5 Å². The van der Waals surface area contributed by atoms with Gasteiger partial charge in [0.05, 0.1) is 0 Å². The monoisotopic (exact) mass is 341 g/mol. The number of hydrogen-bond donors (Lipinski definition) is 0. The first kappa shape index (κ1) is 17.5. The van der Waals surface area contributed by atoms with Crippen LogP contribution in [-0.4, -0.2) is 37.6 Å². The fourth-order valence-corrected chi connectivity index (χ4v) is 7.09. The number of rotatable bonds is 10. The van der Waals surface area contributed by atoms with Crippen LogP contribution in [0.4, 0.5) is 0 Å². The zero-order valence-corrected chi connectivity index (χ0v) is 14.9. The van der Waals surface area contributed by atoms with Gasteiger partial charge in [0.1, 0.15) is 0 Å². The third-order valence-corrected chi connectivity index (χ3v) is 8.97. The van der Waals surface area contributed by atoms with Gasteiger partial charge < -0.3 is 0 Å². The van der Waals surface area contributed by atoms with Crippen molar-refractivity contribution in [2.24, 2.45) is 0 Å². The molecular formula is C16H28AsNO2. The quantitative estimate of drug-likeness (QED) is 0.612. The Morgan fingerprint density at radius 2 is 1.55 bits per heavy atom. The van der Waals surface area contributed by atoms with Gasteiger partial charge in [-0.1, -0.05) is 0 Å². The third kappa shape index (κ3) is 4.80. The summed E-state index contributed by atoms with van der Waals surface area (Å²) >= 11 is -3.65. The van der Waals surface area contributed by atoms with Gasteiger partial charge in [-0.2, -0.15) is 0 Å². The molecule has 114 valence electrons. The SMILES string of the molecule is CCCCN(CCCC)[As](=O)(OCC)c1ccccc1. The van der Waals surface area contributed by atoms with E-state index in [1.165, 1.54) is 0 Å². The van der Waals surface area contributed by atoms with Gasteiger partial charge in [0.2, 0.25) is 0 Å². The number of hydrogen-bond acceptors (Lipinski definition) is 2. The fraction of sp³-hybridized carbons (Fsp3) is 0.625. The summed E-state index contributed by atoms with van der Waals surface area (Å²) in [6.07, 6.45) is 4.35. The Morgan fingerprint density at radius 3 is 2.00 bits per heavy atom. The zero-order chi connectivity index (χ0) is 14.8. The van der Waals surface area contributed by atoms with Crippen LogP contribution in [0.2, 0.25) is 0 Å². The molecule has 1 rings (SSSR count). The van der Waals surface area contributed by atoms with E-state index in [9.17, 15) is 3.74 Å². The molecule has 0 radical (unpaired) electrons. The minimum atomic E-state index is -3.65. The molecule has 0 bridgehead atoms. The Labute approximate surface area is 126 Å². The van der Waals surface area contributed by atoms with Gasteiger partial charge in [0.15, 0.2) is 0 Å². The molecule has 0 aliphatic carbocycles. The molecule has 0 spiro atoms. The van der Waals surface area contributed by atoms with Gasteiger partial charge in [-0.15, -0.1) is 0 Å². The van der Waals surface area contributed by atoms with Crippen molar-refractivity contribution in [2.75, 3.05) is 19.7 Å². The van der Waals surface area contributed by atoms with Crippen molar-refractivity contribution in [1.82, 2.24) is 3.82 Å². The second-order valence-corrected chi connectivity index (χ2v) is 9.93. The van der Waals surface area contributed by atoms with E-state index in [0.29, 0.717) is 6.61 Å². The summed E-state index contributed by atoms with van der Waals surface area (Å²) in [5.74, 6) is 0. The molecule has 1 aromatic carbocycles. The molecule has 1 atom stereocenters. The average molecular weight is 341 g/mol. The second kappa shape index (κ2) is 9.44. The van der Waals surface area contributed by atoms with Gasteiger partial charge in [0.25, 0.3) is 0 Å². The summed E-state index contributed by atoms with van der Waals surface area (Å²) in [6.45, 7) is 8.48. The predicted molar refractivity (Wildman–Crippen MR) is 85.5 cm³/mol. The molecule has 3 nitrogen and oxygen atoms in total. The molecular weight excluding hydrogens is 313 g/mol. The van der Waals surface area contributed by atoms with Gasteiger partial charge in [-0.05, 0) is 0 Å². The summed E-state index contributed by atoms with van der Waals surface area (Å²) in [7, 11) is 0. The van der Waals surface area contributed by atoms with Gasteiger partial charge in [0, 0.05) is 0 Å². The Morgan fingerprint density at radius 1 is 1.00 bits per heavy atom. The van der Waals surface area contributed by atoms with E-state index in [1.807, 2.05) is 37.3 Å². The van der Waals surface area contributed by atoms with E-state index >= 15 is 0 Å². The van der Waals surface area contributed by atoms with E-state index < -0.39 is 14.1 Å². The van der Waals surface area contributed by atoms with Crippen molar-refractivity contribution >= 4 is 18.4 Å². The van der Waals surface area contributed by atoms with Crippen LogP contribution < -0.4 is 4.35 Å². The van der Waals surface area contributed by atoms with Crippen molar-refractivity contribution in [3.05, 3.63) is 30.3 Å². The third-order valence-electron chi connectivity index (χ3n) is 3.30. The maximum atomic E-state index is 13.5. The topological polar surface area (TPSA) is 29.5 Å². The summed E-state index contributed by atoms with van der Waals surface area (Å²) in [6, 6.07) is 9.74. The molecule has 0 heterocycles. The van der Waals surface area contributed by atoms with Crippen molar-refractivity contribution in [3.63, 3.8) is 0 Å². The summed E-state index contributed by atoms with van der Waals surface area (Å²) < 4.78 is 22.3. The summed E-state index contributed by atoms with van der Waals surface area (Å²) in [5.41, 5.74) is 0. The van der Waals surface area contributed by atoms with E-state index in [4.69, 9.17) is 3.73 Å². The van der Waals surface area contributed by atoms with E-state index in [2.05, 4.69) is 17.7 Å². The van der Waals surface area contributed by atoms with Gasteiger partial charge in [-0.3, -0.25) is 0 Å². The average Bonchev–Trinajstić information content (AvgIpc) is 2.48. The molecule has 0 aromatic heterocycles. The molecule has 4 heteroatoms. The first-order chi connectivity index (χ1) is 9.69. The first-order valence-corrected chi connectivity index (χ1v) is 11.1. The minimum absolute atomic E-state index is 0.500. The molecule has 0 saturated carbocycles. The van der Waals surface area contributed by atoms with Gasteiger partial charge >= 0.3 is 126 Å². The van der Waals surface area contributed by atoms with Crippen molar-refractivity contribution < 1.29 is 7.47 Å². The van der Waals surface area contributed by atoms with Crippen molar-refractivity contribution in [3.8, 4) is 0 Å². The number of nitrogens with zero attached hydrogens (tertiary/aromatic N) is 1. The van der Waals surface area contributed by atoms with E-state index in [0.717, 1.165) is 43.1 Å². The van der Waals surface area contributed by atoms with Crippen LogP contribution in [0.15, 0.2) is 30.3 Å². The molecule has 0 saturated heterocycles. The normalized spacial score (nSPS) is 14.4. The molecule has 20 heavy (non-hydrogen) atoms. The van der Waals surface area contributed by atoms with Crippen LogP contribution in [0.3, 0.4) is 0 Å². The first-order valence-electron chi connectivity index (χ1n) is 7.74. The van der Waals surface area contributed by atoms with E-state index in [-0.39, 0.29) is 0 Å².